The molecule has 0 atom stereocenters. The number of aromatic nitrogens is 1. The number of nitrogens with one attached hydrogen (secondary N) is 1. The molecule has 0 fully saturated rings. The van der Waals surface area contributed by atoms with E-state index in [4.69, 9.17) is 16.1 Å². The van der Waals surface area contributed by atoms with Crippen LogP contribution in [0.25, 0.3) is 11.3 Å². The third kappa shape index (κ3) is 4.64. The Labute approximate surface area is 163 Å². The number of rotatable bonds is 5. The van der Waals surface area contributed by atoms with Crippen LogP contribution in [0.2, 0.25) is 5.02 Å². The SMILES string of the molecule is Cc1noc(-c2ccc(OC(F)(F)F)cc2)c1C(=O)NCc1ccccc1Cl. The smallest absolute Gasteiger partial charge is 0.406 e. The average molecular weight is 411 g/mol. The van der Waals surface area contributed by atoms with Crippen LogP contribution in [0.5, 0.6) is 5.75 Å². The fraction of sp³-hybridized carbons (Fsp3) is 0.158. The van der Waals surface area contributed by atoms with Crippen LogP contribution in [0.3, 0.4) is 0 Å². The molecule has 28 heavy (non-hydrogen) atoms. The highest BCUT2D eigenvalue weighted by Gasteiger charge is 2.31. The Morgan fingerprint density at radius 1 is 1.18 bits per heavy atom. The predicted molar refractivity (Wildman–Crippen MR) is 96.0 cm³/mol. The van der Waals surface area contributed by atoms with Gasteiger partial charge in [-0.2, -0.15) is 0 Å². The number of alkyl halides is 3. The number of nitrogens with zero attached hydrogens (tertiary/aromatic N) is 1. The van der Waals surface area contributed by atoms with Gasteiger partial charge >= 0.3 is 6.36 Å². The minimum Gasteiger partial charge on any atom is -0.406 e. The van der Waals surface area contributed by atoms with Crippen molar-refractivity contribution in [1.82, 2.24) is 10.5 Å². The number of amides is 1. The first-order valence-corrected chi connectivity index (χ1v) is 8.46. The van der Waals surface area contributed by atoms with Crippen molar-refractivity contribution in [2.75, 3.05) is 0 Å². The molecule has 1 heterocycles. The summed E-state index contributed by atoms with van der Waals surface area (Å²) in [5.41, 5.74) is 1.67. The molecule has 1 aromatic heterocycles. The van der Waals surface area contributed by atoms with Crippen molar-refractivity contribution in [1.29, 1.82) is 0 Å². The zero-order chi connectivity index (χ0) is 20.3. The number of ether oxygens (including phenoxy) is 1. The maximum Gasteiger partial charge on any atom is 0.573 e. The summed E-state index contributed by atoms with van der Waals surface area (Å²) >= 11 is 6.08. The second-order valence-corrected chi connectivity index (χ2v) is 6.23. The predicted octanol–water partition coefficient (Wildman–Crippen LogP) is 5.13. The van der Waals surface area contributed by atoms with Crippen molar-refractivity contribution in [3.8, 4) is 17.1 Å². The topological polar surface area (TPSA) is 64.4 Å². The van der Waals surface area contributed by atoms with Gasteiger partial charge in [0.2, 0.25) is 0 Å². The van der Waals surface area contributed by atoms with Gasteiger partial charge in [-0.05, 0) is 42.8 Å². The molecule has 146 valence electrons. The Morgan fingerprint density at radius 3 is 2.50 bits per heavy atom. The first-order chi connectivity index (χ1) is 13.2. The van der Waals surface area contributed by atoms with Gasteiger partial charge < -0.3 is 14.6 Å². The van der Waals surface area contributed by atoms with E-state index in [2.05, 4.69) is 15.2 Å². The van der Waals surface area contributed by atoms with Crippen LogP contribution in [0, 0.1) is 6.92 Å². The highest BCUT2D eigenvalue weighted by Crippen LogP contribution is 2.30. The van der Waals surface area contributed by atoms with Gasteiger partial charge in [-0.1, -0.05) is 35.0 Å². The standard InChI is InChI=1S/C19H14ClF3N2O3/c1-11-16(18(26)24-10-13-4-2-3-5-15(13)20)17(28-25-11)12-6-8-14(9-7-12)27-19(21,22)23/h2-9H,10H2,1H3,(H,24,26). The van der Waals surface area contributed by atoms with Crippen molar-refractivity contribution < 1.29 is 27.2 Å². The lowest BCUT2D eigenvalue weighted by Gasteiger charge is -2.09. The number of carbonyl (C=O) groups excluding carboxylic acids is 1. The lowest BCUT2D eigenvalue weighted by molar-refractivity contribution is -0.274. The van der Waals surface area contributed by atoms with E-state index in [0.29, 0.717) is 16.3 Å². The first kappa shape index (κ1) is 19.8. The highest BCUT2D eigenvalue weighted by molar-refractivity contribution is 6.31. The minimum absolute atomic E-state index is 0.146. The maximum absolute atomic E-state index is 12.6. The molecule has 1 N–H and O–H groups in total. The van der Waals surface area contributed by atoms with Crippen LogP contribution in [0.4, 0.5) is 13.2 Å². The summed E-state index contributed by atoms with van der Waals surface area (Å²) in [4.78, 5) is 12.6. The molecule has 3 aromatic rings. The molecule has 9 heteroatoms. The van der Waals surface area contributed by atoms with E-state index in [-0.39, 0.29) is 23.6 Å². The van der Waals surface area contributed by atoms with Gasteiger partial charge in [0.05, 0.1) is 5.69 Å². The van der Waals surface area contributed by atoms with Crippen molar-refractivity contribution >= 4 is 17.5 Å². The lowest BCUT2D eigenvalue weighted by Crippen LogP contribution is -2.23. The molecule has 2 aromatic carbocycles. The summed E-state index contributed by atoms with van der Waals surface area (Å²) in [7, 11) is 0. The molecular weight excluding hydrogens is 397 g/mol. The van der Waals surface area contributed by atoms with E-state index in [9.17, 15) is 18.0 Å². The van der Waals surface area contributed by atoms with E-state index >= 15 is 0 Å². The molecule has 0 aliphatic carbocycles. The third-order valence-electron chi connectivity index (χ3n) is 3.84. The molecule has 0 aliphatic heterocycles. The monoisotopic (exact) mass is 410 g/mol. The Kier molecular flexibility index (Phi) is 5.60. The summed E-state index contributed by atoms with van der Waals surface area (Å²) in [5, 5.41) is 7.05. The summed E-state index contributed by atoms with van der Waals surface area (Å²) in [6, 6.07) is 12.0. The Morgan fingerprint density at radius 2 is 1.86 bits per heavy atom. The lowest BCUT2D eigenvalue weighted by atomic mass is 10.1. The molecule has 0 spiro atoms. The van der Waals surface area contributed by atoms with Crippen LogP contribution >= 0.6 is 11.6 Å². The van der Waals surface area contributed by atoms with Gasteiger partial charge in [0.15, 0.2) is 5.76 Å². The summed E-state index contributed by atoms with van der Waals surface area (Å²) in [6.07, 6.45) is -4.78. The van der Waals surface area contributed by atoms with E-state index in [0.717, 1.165) is 17.7 Å². The zero-order valence-corrected chi connectivity index (χ0v) is 15.3. The second-order valence-electron chi connectivity index (χ2n) is 5.82. The van der Waals surface area contributed by atoms with E-state index in [1.54, 1.807) is 31.2 Å². The molecule has 3 rings (SSSR count). The number of benzene rings is 2. The second kappa shape index (κ2) is 7.93. The molecule has 0 saturated heterocycles. The van der Waals surface area contributed by atoms with E-state index < -0.39 is 12.3 Å². The Bertz CT molecular complexity index is 985. The summed E-state index contributed by atoms with van der Waals surface area (Å²) in [6.45, 7) is 1.79. The fourth-order valence-electron chi connectivity index (χ4n) is 2.55. The van der Waals surface area contributed by atoms with Gasteiger partial charge in [-0.15, -0.1) is 13.2 Å². The Hall–Kier alpha value is -3.00. The molecular formula is C19H14ClF3N2O3. The normalized spacial score (nSPS) is 11.3. The van der Waals surface area contributed by atoms with Crippen molar-refractivity contribution in [3.05, 3.63) is 70.4 Å². The van der Waals surface area contributed by atoms with E-state index in [1.807, 2.05) is 0 Å². The quantitative estimate of drug-likeness (QED) is 0.633. The highest BCUT2D eigenvalue weighted by atomic mass is 35.5. The van der Waals surface area contributed by atoms with Crippen LogP contribution < -0.4 is 10.1 Å². The molecule has 0 unspecified atom stereocenters. The van der Waals surface area contributed by atoms with Gasteiger partial charge in [-0.25, -0.2) is 0 Å². The van der Waals surface area contributed by atoms with Crippen molar-refractivity contribution in [3.63, 3.8) is 0 Å². The number of hydrogen-bond acceptors (Lipinski definition) is 4. The summed E-state index contributed by atoms with van der Waals surface area (Å²) in [5.74, 6) is -0.672. The molecule has 0 radical (unpaired) electrons. The number of aryl methyl sites for hydroxylation is 1. The zero-order valence-electron chi connectivity index (χ0n) is 14.5. The van der Waals surface area contributed by atoms with Gasteiger partial charge in [0.25, 0.3) is 5.91 Å². The number of hydrogen-bond donors (Lipinski definition) is 1. The van der Waals surface area contributed by atoms with Gasteiger partial charge in [0, 0.05) is 17.1 Å². The third-order valence-corrected chi connectivity index (χ3v) is 4.21. The first-order valence-electron chi connectivity index (χ1n) is 8.08. The van der Waals surface area contributed by atoms with Crippen LogP contribution in [-0.2, 0) is 6.54 Å². The molecule has 0 saturated carbocycles. The van der Waals surface area contributed by atoms with Crippen molar-refractivity contribution in [2.24, 2.45) is 0 Å². The Balaban J connectivity index is 1.79. The summed E-state index contributed by atoms with van der Waals surface area (Å²) < 4.78 is 45.9. The maximum atomic E-state index is 12.6. The van der Waals surface area contributed by atoms with Crippen molar-refractivity contribution in [2.45, 2.75) is 19.8 Å². The molecule has 0 bridgehead atoms. The molecule has 1 amide bonds. The average Bonchev–Trinajstić information content (AvgIpc) is 3.02. The molecule has 5 nitrogen and oxygen atoms in total. The minimum atomic E-state index is -4.78. The van der Waals surface area contributed by atoms with Gasteiger partial charge in [-0.3, -0.25) is 4.79 Å². The van der Waals surface area contributed by atoms with Gasteiger partial charge in [0.1, 0.15) is 11.3 Å². The largest absolute Gasteiger partial charge is 0.573 e. The van der Waals surface area contributed by atoms with Crippen LogP contribution in [0.15, 0.2) is 53.1 Å². The molecule has 0 aliphatic rings. The number of halogens is 4. The van der Waals surface area contributed by atoms with E-state index in [1.165, 1.54) is 12.1 Å². The number of carbonyl (C=O) groups is 1. The van der Waals surface area contributed by atoms with Crippen LogP contribution in [-0.4, -0.2) is 17.4 Å². The van der Waals surface area contributed by atoms with Crippen LogP contribution in [0.1, 0.15) is 21.6 Å². The fourth-order valence-corrected chi connectivity index (χ4v) is 2.75.